The second kappa shape index (κ2) is 4.54. The van der Waals surface area contributed by atoms with Crippen molar-refractivity contribution in [2.24, 2.45) is 12.5 Å². The predicted molar refractivity (Wildman–Crippen MR) is 64.4 cm³/mol. The monoisotopic (exact) mass is 229 g/mol. The van der Waals surface area contributed by atoms with Gasteiger partial charge in [0.15, 0.2) is 0 Å². The van der Waals surface area contributed by atoms with Gasteiger partial charge in [-0.25, -0.2) is 0 Å². The van der Waals surface area contributed by atoms with E-state index in [0.717, 1.165) is 29.4 Å². The van der Waals surface area contributed by atoms with Crippen LogP contribution in [0.1, 0.15) is 25.2 Å². The Labute approximate surface area is 96.8 Å². The Balaban J connectivity index is 2.89. The number of hydrogen-bond donors (Lipinski definition) is 1. The van der Waals surface area contributed by atoms with Gasteiger partial charge in [-0.05, 0) is 25.8 Å². The molecule has 1 heterocycles. The van der Waals surface area contributed by atoms with E-state index in [4.69, 9.17) is 11.6 Å². The Morgan fingerprint density at radius 1 is 1.47 bits per heavy atom. The van der Waals surface area contributed by atoms with Crippen molar-refractivity contribution in [2.45, 2.75) is 27.2 Å². The van der Waals surface area contributed by atoms with E-state index in [9.17, 15) is 0 Å². The average Bonchev–Trinajstić information content (AvgIpc) is 2.32. The molecule has 1 rings (SSSR count). The van der Waals surface area contributed by atoms with E-state index in [0.29, 0.717) is 0 Å². The highest BCUT2D eigenvalue weighted by atomic mass is 35.5. The first-order valence-corrected chi connectivity index (χ1v) is 5.58. The van der Waals surface area contributed by atoms with Crippen LogP contribution in [-0.2, 0) is 13.5 Å². The Morgan fingerprint density at radius 2 is 2.07 bits per heavy atom. The van der Waals surface area contributed by atoms with Crippen molar-refractivity contribution in [1.82, 2.24) is 15.1 Å². The molecular weight excluding hydrogens is 210 g/mol. The largest absolute Gasteiger partial charge is 0.319 e. The summed E-state index contributed by atoms with van der Waals surface area (Å²) in [6.07, 6.45) is 0.935. The molecule has 15 heavy (non-hydrogen) atoms. The van der Waals surface area contributed by atoms with Crippen LogP contribution in [0, 0.1) is 12.3 Å². The van der Waals surface area contributed by atoms with Gasteiger partial charge in [-0.2, -0.15) is 5.10 Å². The second-order valence-electron chi connectivity index (χ2n) is 4.84. The van der Waals surface area contributed by atoms with E-state index in [1.807, 2.05) is 25.7 Å². The number of nitrogens with one attached hydrogen (secondary N) is 1. The Hall–Kier alpha value is -0.540. The first-order valence-electron chi connectivity index (χ1n) is 5.20. The molecule has 0 aliphatic carbocycles. The molecule has 0 bridgehead atoms. The summed E-state index contributed by atoms with van der Waals surface area (Å²) in [6.45, 7) is 7.36. The van der Waals surface area contributed by atoms with E-state index >= 15 is 0 Å². The summed E-state index contributed by atoms with van der Waals surface area (Å²) >= 11 is 6.22. The number of nitrogens with zero attached hydrogens (tertiary/aromatic N) is 2. The lowest BCUT2D eigenvalue weighted by Gasteiger charge is -2.24. The molecule has 4 heteroatoms. The molecule has 0 saturated carbocycles. The molecule has 86 valence electrons. The molecular formula is C11H20ClN3. The van der Waals surface area contributed by atoms with Crippen molar-refractivity contribution in [3.8, 4) is 0 Å². The molecule has 1 aromatic rings. The van der Waals surface area contributed by atoms with Crippen molar-refractivity contribution in [3.63, 3.8) is 0 Å². The smallest absolute Gasteiger partial charge is 0.0847 e. The predicted octanol–water partition coefficient (Wildman–Crippen LogP) is 2.17. The quantitative estimate of drug-likeness (QED) is 0.858. The van der Waals surface area contributed by atoms with E-state index in [1.54, 1.807) is 0 Å². The van der Waals surface area contributed by atoms with Crippen molar-refractivity contribution in [1.29, 1.82) is 0 Å². The summed E-state index contributed by atoms with van der Waals surface area (Å²) in [6, 6.07) is 0. The summed E-state index contributed by atoms with van der Waals surface area (Å²) < 4.78 is 1.88. The minimum atomic E-state index is 0.193. The van der Waals surface area contributed by atoms with Crippen LogP contribution in [0.2, 0.25) is 5.02 Å². The maximum absolute atomic E-state index is 6.22. The fourth-order valence-electron chi connectivity index (χ4n) is 1.87. The van der Waals surface area contributed by atoms with E-state index in [1.165, 1.54) is 0 Å². The molecule has 0 aliphatic rings. The zero-order chi connectivity index (χ0) is 11.6. The van der Waals surface area contributed by atoms with E-state index in [-0.39, 0.29) is 5.41 Å². The van der Waals surface area contributed by atoms with Crippen LogP contribution in [0.25, 0.3) is 0 Å². The molecule has 1 N–H and O–H groups in total. The second-order valence-corrected chi connectivity index (χ2v) is 5.22. The van der Waals surface area contributed by atoms with Crippen molar-refractivity contribution in [3.05, 3.63) is 16.4 Å². The highest BCUT2D eigenvalue weighted by molar-refractivity contribution is 6.31. The SMILES string of the molecule is CNCC(C)(C)Cc1c(Cl)c(C)nn1C. The van der Waals surface area contributed by atoms with Crippen LogP contribution in [0.15, 0.2) is 0 Å². The van der Waals surface area contributed by atoms with Gasteiger partial charge in [0.2, 0.25) is 0 Å². The van der Waals surface area contributed by atoms with Crippen LogP contribution in [0.4, 0.5) is 0 Å². The van der Waals surface area contributed by atoms with Crippen LogP contribution >= 0.6 is 11.6 Å². The van der Waals surface area contributed by atoms with Gasteiger partial charge in [0, 0.05) is 13.6 Å². The lowest BCUT2D eigenvalue weighted by molar-refractivity contribution is 0.341. The standard InChI is InChI=1S/C11H20ClN3/c1-8-10(12)9(15(5)14-8)6-11(2,3)7-13-4/h13H,6-7H2,1-5H3. The molecule has 0 aromatic carbocycles. The minimum Gasteiger partial charge on any atom is -0.319 e. The Morgan fingerprint density at radius 3 is 2.47 bits per heavy atom. The molecule has 0 saturated heterocycles. The van der Waals surface area contributed by atoms with Gasteiger partial charge < -0.3 is 5.32 Å². The number of aryl methyl sites for hydroxylation is 2. The number of halogens is 1. The van der Waals surface area contributed by atoms with Crippen LogP contribution < -0.4 is 5.32 Å². The number of rotatable bonds is 4. The van der Waals surface area contributed by atoms with Gasteiger partial charge >= 0.3 is 0 Å². The molecule has 0 unspecified atom stereocenters. The van der Waals surface area contributed by atoms with Crippen molar-refractivity contribution >= 4 is 11.6 Å². The van der Waals surface area contributed by atoms with Gasteiger partial charge in [-0.1, -0.05) is 25.4 Å². The average molecular weight is 230 g/mol. The third-order valence-electron chi connectivity index (χ3n) is 2.56. The van der Waals surface area contributed by atoms with Crippen molar-refractivity contribution in [2.75, 3.05) is 13.6 Å². The summed E-state index contributed by atoms with van der Waals surface area (Å²) in [7, 11) is 3.92. The maximum atomic E-state index is 6.22. The first-order chi connectivity index (χ1) is 6.87. The lowest BCUT2D eigenvalue weighted by atomic mass is 9.87. The number of hydrogen-bond acceptors (Lipinski definition) is 2. The van der Waals surface area contributed by atoms with Gasteiger partial charge in [-0.3, -0.25) is 4.68 Å². The fraction of sp³-hybridized carbons (Fsp3) is 0.727. The van der Waals surface area contributed by atoms with E-state index in [2.05, 4.69) is 24.3 Å². The van der Waals surface area contributed by atoms with Gasteiger partial charge in [0.25, 0.3) is 0 Å². The molecule has 0 amide bonds. The lowest BCUT2D eigenvalue weighted by Crippen LogP contribution is -2.29. The molecule has 0 spiro atoms. The molecule has 1 aromatic heterocycles. The number of aromatic nitrogens is 2. The Kier molecular flexibility index (Phi) is 3.79. The van der Waals surface area contributed by atoms with Gasteiger partial charge in [0.1, 0.15) is 0 Å². The summed E-state index contributed by atoms with van der Waals surface area (Å²) in [5.74, 6) is 0. The summed E-state index contributed by atoms with van der Waals surface area (Å²) in [5.41, 5.74) is 2.22. The molecule has 0 atom stereocenters. The maximum Gasteiger partial charge on any atom is 0.0847 e. The summed E-state index contributed by atoms with van der Waals surface area (Å²) in [5, 5.41) is 8.33. The zero-order valence-corrected chi connectivity index (χ0v) is 10.9. The normalized spacial score (nSPS) is 12.1. The van der Waals surface area contributed by atoms with Crippen LogP contribution in [0.3, 0.4) is 0 Å². The highest BCUT2D eigenvalue weighted by Crippen LogP contribution is 2.27. The zero-order valence-electron chi connectivity index (χ0n) is 10.2. The van der Waals surface area contributed by atoms with Crippen LogP contribution in [-0.4, -0.2) is 23.4 Å². The molecule has 3 nitrogen and oxygen atoms in total. The molecule has 0 radical (unpaired) electrons. The topological polar surface area (TPSA) is 29.9 Å². The van der Waals surface area contributed by atoms with Crippen molar-refractivity contribution < 1.29 is 0 Å². The highest BCUT2D eigenvalue weighted by Gasteiger charge is 2.22. The fourth-order valence-corrected chi connectivity index (χ4v) is 2.09. The third-order valence-corrected chi connectivity index (χ3v) is 3.05. The molecule has 0 aliphatic heterocycles. The van der Waals surface area contributed by atoms with Gasteiger partial charge in [0.05, 0.1) is 16.4 Å². The minimum absolute atomic E-state index is 0.193. The van der Waals surface area contributed by atoms with E-state index < -0.39 is 0 Å². The molecule has 0 fully saturated rings. The van der Waals surface area contributed by atoms with Gasteiger partial charge in [-0.15, -0.1) is 0 Å². The van der Waals surface area contributed by atoms with Crippen LogP contribution in [0.5, 0.6) is 0 Å². The third kappa shape index (κ3) is 2.95. The first kappa shape index (κ1) is 12.5. The summed E-state index contributed by atoms with van der Waals surface area (Å²) in [4.78, 5) is 0. The Bertz CT molecular complexity index is 342.